The van der Waals surface area contributed by atoms with Crippen molar-refractivity contribution >= 4 is 23.2 Å². The highest BCUT2D eigenvalue weighted by atomic mass is 35.5. The minimum Gasteiger partial charge on any atom is -0.375 e. The van der Waals surface area contributed by atoms with Gasteiger partial charge in [0.15, 0.2) is 0 Å². The number of benzene rings is 2. The lowest BCUT2D eigenvalue weighted by Gasteiger charge is -2.12. The van der Waals surface area contributed by atoms with Crippen LogP contribution in [-0.2, 0) is 11.3 Å². The van der Waals surface area contributed by atoms with E-state index in [1.807, 2.05) is 57.2 Å². The molecule has 0 atom stereocenters. The first-order chi connectivity index (χ1) is 10.5. The monoisotopic (exact) mass is 316 g/mol. The van der Waals surface area contributed by atoms with Gasteiger partial charge >= 0.3 is 0 Å². The Labute approximate surface area is 136 Å². The van der Waals surface area contributed by atoms with Gasteiger partial charge in [0.2, 0.25) is 5.91 Å². The van der Waals surface area contributed by atoms with E-state index < -0.39 is 0 Å². The molecule has 2 N–H and O–H groups in total. The van der Waals surface area contributed by atoms with Crippen LogP contribution in [0.25, 0.3) is 0 Å². The molecule has 0 aliphatic carbocycles. The predicted octanol–water partition coefficient (Wildman–Crippen LogP) is 3.99. The second kappa shape index (κ2) is 7.32. The first-order valence-corrected chi connectivity index (χ1v) is 7.66. The van der Waals surface area contributed by atoms with Gasteiger partial charge in [0, 0.05) is 6.54 Å². The van der Waals surface area contributed by atoms with Crippen molar-refractivity contribution in [1.82, 2.24) is 5.32 Å². The maximum atomic E-state index is 11.9. The van der Waals surface area contributed by atoms with Crippen LogP contribution >= 0.6 is 11.6 Å². The van der Waals surface area contributed by atoms with Crippen LogP contribution < -0.4 is 10.6 Å². The van der Waals surface area contributed by atoms with E-state index in [0.717, 1.165) is 22.4 Å². The molecular weight excluding hydrogens is 296 g/mol. The molecule has 116 valence electrons. The highest BCUT2D eigenvalue weighted by Gasteiger charge is 2.07. The minimum absolute atomic E-state index is 0.0587. The highest BCUT2D eigenvalue weighted by Crippen LogP contribution is 2.26. The Morgan fingerprint density at radius 3 is 2.36 bits per heavy atom. The average molecular weight is 317 g/mol. The molecule has 4 heteroatoms. The number of halogens is 1. The minimum atomic E-state index is -0.0587. The number of hydrogen-bond acceptors (Lipinski definition) is 2. The Kier molecular flexibility index (Phi) is 5.45. The molecule has 0 aliphatic rings. The Hall–Kier alpha value is -2.00. The first-order valence-electron chi connectivity index (χ1n) is 7.28. The summed E-state index contributed by atoms with van der Waals surface area (Å²) in [5, 5.41) is 6.65. The first kappa shape index (κ1) is 16.4. The van der Waals surface area contributed by atoms with Crippen molar-refractivity contribution in [3.63, 3.8) is 0 Å². The van der Waals surface area contributed by atoms with Crippen LogP contribution in [0, 0.1) is 20.8 Å². The third kappa shape index (κ3) is 4.50. The third-order valence-electron chi connectivity index (χ3n) is 3.47. The molecule has 0 heterocycles. The molecule has 0 aliphatic heterocycles. The van der Waals surface area contributed by atoms with Crippen molar-refractivity contribution in [2.75, 3.05) is 11.9 Å². The molecule has 0 saturated carbocycles. The summed E-state index contributed by atoms with van der Waals surface area (Å²) in [5.41, 5.74) is 5.26. The zero-order valence-electron chi connectivity index (χ0n) is 13.2. The summed E-state index contributed by atoms with van der Waals surface area (Å²) in [7, 11) is 0. The summed E-state index contributed by atoms with van der Waals surface area (Å²) < 4.78 is 0. The lowest BCUT2D eigenvalue weighted by molar-refractivity contribution is -0.119. The van der Waals surface area contributed by atoms with Crippen LogP contribution in [0.4, 0.5) is 5.69 Å². The van der Waals surface area contributed by atoms with Crippen LogP contribution in [0.15, 0.2) is 36.4 Å². The van der Waals surface area contributed by atoms with Crippen molar-refractivity contribution in [2.24, 2.45) is 0 Å². The predicted molar refractivity (Wildman–Crippen MR) is 92.4 cm³/mol. The van der Waals surface area contributed by atoms with Gasteiger partial charge in [0.25, 0.3) is 0 Å². The van der Waals surface area contributed by atoms with E-state index in [2.05, 4.69) is 10.6 Å². The summed E-state index contributed by atoms with van der Waals surface area (Å²) in [6, 6.07) is 12.0. The zero-order valence-corrected chi connectivity index (χ0v) is 13.9. The van der Waals surface area contributed by atoms with E-state index in [0.29, 0.717) is 11.6 Å². The van der Waals surface area contributed by atoms with Crippen LogP contribution in [0.1, 0.15) is 22.3 Å². The fourth-order valence-electron chi connectivity index (χ4n) is 2.28. The average Bonchev–Trinajstić information content (AvgIpc) is 2.45. The molecular formula is C18H21ClN2O. The number of aryl methyl sites for hydroxylation is 3. The standard InChI is InChI=1S/C18H21ClN2O/c1-12-4-6-15(7-5-12)10-20-17(22)11-21-18-14(3)8-13(2)9-16(18)19/h4-9,21H,10-11H2,1-3H3,(H,20,22). The molecule has 0 aromatic heterocycles. The van der Waals surface area contributed by atoms with E-state index in [-0.39, 0.29) is 12.5 Å². The molecule has 3 nitrogen and oxygen atoms in total. The number of carbonyl (C=O) groups is 1. The van der Waals surface area contributed by atoms with E-state index in [4.69, 9.17) is 11.6 Å². The van der Waals surface area contributed by atoms with Gasteiger partial charge in [-0.3, -0.25) is 4.79 Å². The quantitative estimate of drug-likeness (QED) is 0.875. The van der Waals surface area contributed by atoms with Crippen molar-refractivity contribution in [3.8, 4) is 0 Å². The van der Waals surface area contributed by atoms with Gasteiger partial charge in [-0.05, 0) is 43.5 Å². The number of anilines is 1. The van der Waals surface area contributed by atoms with E-state index >= 15 is 0 Å². The zero-order chi connectivity index (χ0) is 16.1. The lowest BCUT2D eigenvalue weighted by Crippen LogP contribution is -2.29. The summed E-state index contributed by atoms with van der Waals surface area (Å²) >= 11 is 6.21. The van der Waals surface area contributed by atoms with Crippen molar-refractivity contribution in [1.29, 1.82) is 0 Å². The number of nitrogens with one attached hydrogen (secondary N) is 2. The SMILES string of the molecule is Cc1ccc(CNC(=O)CNc2c(C)cc(C)cc2Cl)cc1. The third-order valence-corrected chi connectivity index (χ3v) is 3.77. The maximum Gasteiger partial charge on any atom is 0.239 e. The summed E-state index contributed by atoms with van der Waals surface area (Å²) in [5.74, 6) is -0.0587. The molecule has 0 saturated heterocycles. The number of rotatable bonds is 5. The van der Waals surface area contributed by atoms with E-state index in [1.54, 1.807) is 0 Å². The largest absolute Gasteiger partial charge is 0.375 e. The topological polar surface area (TPSA) is 41.1 Å². The number of amides is 1. The van der Waals surface area contributed by atoms with E-state index in [1.165, 1.54) is 5.56 Å². The van der Waals surface area contributed by atoms with Crippen LogP contribution in [0.3, 0.4) is 0 Å². The number of hydrogen-bond donors (Lipinski definition) is 2. The fraction of sp³-hybridized carbons (Fsp3) is 0.278. The molecule has 2 aromatic rings. The Bertz CT molecular complexity index is 642. The van der Waals surface area contributed by atoms with Crippen molar-refractivity contribution < 1.29 is 4.79 Å². The Balaban J connectivity index is 1.87. The normalized spacial score (nSPS) is 10.4. The molecule has 2 rings (SSSR count). The molecule has 0 bridgehead atoms. The van der Waals surface area contributed by atoms with Gasteiger partial charge in [-0.15, -0.1) is 0 Å². The van der Waals surface area contributed by atoms with Crippen LogP contribution in [0.5, 0.6) is 0 Å². The summed E-state index contributed by atoms with van der Waals surface area (Å²) in [6.45, 7) is 6.75. The van der Waals surface area contributed by atoms with Crippen LogP contribution in [-0.4, -0.2) is 12.5 Å². The van der Waals surface area contributed by atoms with Gasteiger partial charge in [-0.2, -0.15) is 0 Å². The highest BCUT2D eigenvalue weighted by molar-refractivity contribution is 6.33. The van der Waals surface area contributed by atoms with Gasteiger partial charge in [-0.1, -0.05) is 47.5 Å². The Morgan fingerprint density at radius 1 is 1.05 bits per heavy atom. The van der Waals surface area contributed by atoms with Gasteiger partial charge < -0.3 is 10.6 Å². The van der Waals surface area contributed by atoms with Gasteiger partial charge in [-0.25, -0.2) is 0 Å². The number of carbonyl (C=O) groups excluding carboxylic acids is 1. The maximum absolute atomic E-state index is 11.9. The smallest absolute Gasteiger partial charge is 0.239 e. The molecule has 22 heavy (non-hydrogen) atoms. The van der Waals surface area contributed by atoms with Gasteiger partial charge in [0.1, 0.15) is 0 Å². The second-order valence-corrected chi connectivity index (χ2v) is 5.96. The lowest BCUT2D eigenvalue weighted by atomic mass is 10.1. The molecule has 2 aromatic carbocycles. The van der Waals surface area contributed by atoms with Crippen molar-refractivity contribution in [2.45, 2.75) is 27.3 Å². The van der Waals surface area contributed by atoms with Crippen molar-refractivity contribution in [3.05, 3.63) is 63.7 Å². The van der Waals surface area contributed by atoms with Gasteiger partial charge in [0.05, 0.1) is 17.3 Å². The summed E-state index contributed by atoms with van der Waals surface area (Å²) in [4.78, 5) is 11.9. The van der Waals surface area contributed by atoms with E-state index in [9.17, 15) is 4.79 Å². The molecule has 0 unspecified atom stereocenters. The molecule has 0 radical (unpaired) electrons. The second-order valence-electron chi connectivity index (χ2n) is 5.55. The molecule has 1 amide bonds. The fourth-order valence-corrected chi connectivity index (χ4v) is 2.67. The molecule has 0 fully saturated rings. The summed E-state index contributed by atoms with van der Waals surface area (Å²) in [6.07, 6.45) is 0. The molecule has 0 spiro atoms. The van der Waals surface area contributed by atoms with Crippen LogP contribution in [0.2, 0.25) is 5.02 Å². The Morgan fingerprint density at radius 2 is 1.73 bits per heavy atom.